The molecule has 3 rings (SSSR count). The van der Waals surface area contributed by atoms with Gasteiger partial charge in [0, 0.05) is 45.5 Å². The van der Waals surface area contributed by atoms with Crippen molar-refractivity contribution in [1.82, 2.24) is 20.1 Å². The number of rotatable bonds is 5. The van der Waals surface area contributed by atoms with Crippen LogP contribution >= 0.6 is 11.3 Å². The largest absolute Gasteiger partial charge is 0.383 e. The first kappa shape index (κ1) is 15.3. The molecule has 7 heteroatoms. The van der Waals surface area contributed by atoms with E-state index < -0.39 is 0 Å². The normalized spacial score (nSPS) is 19.5. The highest BCUT2D eigenvalue weighted by atomic mass is 32.1. The molecule has 0 saturated carbocycles. The van der Waals surface area contributed by atoms with E-state index >= 15 is 0 Å². The third-order valence-electron chi connectivity index (χ3n) is 3.92. The van der Waals surface area contributed by atoms with E-state index in [1.807, 2.05) is 18.2 Å². The van der Waals surface area contributed by atoms with Crippen LogP contribution in [0.2, 0.25) is 0 Å². The molecule has 1 unspecified atom stereocenters. The van der Waals surface area contributed by atoms with Crippen molar-refractivity contribution in [3.63, 3.8) is 0 Å². The van der Waals surface area contributed by atoms with Gasteiger partial charge in [-0.1, -0.05) is 17.4 Å². The van der Waals surface area contributed by atoms with Crippen molar-refractivity contribution in [3.05, 3.63) is 24.4 Å². The Kier molecular flexibility index (Phi) is 4.97. The maximum Gasteiger partial charge on any atom is 0.208 e. The average Bonchev–Trinajstić information content (AvgIpc) is 3.04. The summed E-state index contributed by atoms with van der Waals surface area (Å²) in [5.41, 5.74) is 0.887. The number of anilines is 1. The Balaban J connectivity index is 1.65. The molecule has 6 nitrogen and oxygen atoms in total. The summed E-state index contributed by atoms with van der Waals surface area (Å²) in [7, 11) is 1.75. The summed E-state index contributed by atoms with van der Waals surface area (Å²) >= 11 is 1.61. The van der Waals surface area contributed by atoms with Crippen molar-refractivity contribution in [2.75, 3.05) is 44.8 Å². The molecule has 1 saturated heterocycles. The zero-order chi connectivity index (χ0) is 15.4. The van der Waals surface area contributed by atoms with Crippen molar-refractivity contribution in [2.45, 2.75) is 13.0 Å². The maximum absolute atomic E-state index is 5.17. The topological polar surface area (TPSA) is 54.4 Å². The zero-order valence-electron chi connectivity index (χ0n) is 13.0. The number of aromatic nitrogens is 3. The Morgan fingerprint density at radius 1 is 1.32 bits per heavy atom. The average molecular weight is 319 g/mol. The van der Waals surface area contributed by atoms with Crippen molar-refractivity contribution < 1.29 is 4.74 Å². The number of piperazine rings is 1. The zero-order valence-corrected chi connectivity index (χ0v) is 13.8. The molecule has 0 bridgehead atoms. The molecule has 2 aromatic rings. The summed E-state index contributed by atoms with van der Waals surface area (Å²) in [6, 6.07) is 6.34. The SMILES string of the molecule is COCCN1CCN(c2nnc(-c3ccccn3)s2)CC1C. The number of hydrogen-bond acceptors (Lipinski definition) is 7. The molecule has 0 N–H and O–H groups in total. The monoisotopic (exact) mass is 319 g/mol. The fraction of sp³-hybridized carbons (Fsp3) is 0.533. The molecule has 22 heavy (non-hydrogen) atoms. The van der Waals surface area contributed by atoms with Gasteiger partial charge in [0.05, 0.1) is 6.61 Å². The summed E-state index contributed by atoms with van der Waals surface area (Å²) < 4.78 is 5.17. The van der Waals surface area contributed by atoms with Crippen molar-refractivity contribution in [3.8, 4) is 10.7 Å². The molecule has 2 aromatic heterocycles. The van der Waals surface area contributed by atoms with Crippen LogP contribution in [0.3, 0.4) is 0 Å². The molecule has 118 valence electrons. The molecule has 0 radical (unpaired) electrons. The number of ether oxygens (including phenoxy) is 1. The van der Waals surface area contributed by atoms with E-state index in [0.717, 1.165) is 48.6 Å². The number of pyridine rings is 1. The molecular weight excluding hydrogens is 298 g/mol. The molecule has 0 amide bonds. The molecule has 0 spiro atoms. The van der Waals surface area contributed by atoms with Crippen molar-refractivity contribution in [2.24, 2.45) is 0 Å². The molecule has 3 heterocycles. The van der Waals surface area contributed by atoms with E-state index in [0.29, 0.717) is 6.04 Å². The fourth-order valence-electron chi connectivity index (χ4n) is 2.65. The van der Waals surface area contributed by atoms with Crippen LogP contribution in [0.4, 0.5) is 5.13 Å². The second kappa shape index (κ2) is 7.13. The lowest BCUT2D eigenvalue weighted by Crippen LogP contribution is -2.52. The van der Waals surface area contributed by atoms with E-state index in [-0.39, 0.29) is 0 Å². The minimum Gasteiger partial charge on any atom is -0.383 e. The van der Waals surface area contributed by atoms with Crippen LogP contribution in [-0.2, 0) is 4.74 Å². The smallest absolute Gasteiger partial charge is 0.208 e. The van der Waals surface area contributed by atoms with Crippen molar-refractivity contribution >= 4 is 16.5 Å². The van der Waals surface area contributed by atoms with Crippen molar-refractivity contribution in [1.29, 1.82) is 0 Å². The van der Waals surface area contributed by atoms with Gasteiger partial charge in [-0.25, -0.2) is 0 Å². The van der Waals surface area contributed by atoms with E-state index in [1.165, 1.54) is 0 Å². The first-order valence-corrected chi connectivity index (χ1v) is 8.32. The van der Waals surface area contributed by atoms with Gasteiger partial charge in [-0.2, -0.15) is 0 Å². The lowest BCUT2D eigenvalue weighted by Gasteiger charge is -2.39. The summed E-state index contributed by atoms with van der Waals surface area (Å²) in [4.78, 5) is 9.11. The Morgan fingerprint density at radius 3 is 2.95 bits per heavy atom. The fourth-order valence-corrected chi connectivity index (χ4v) is 3.50. The summed E-state index contributed by atoms with van der Waals surface area (Å²) in [6.45, 7) is 7.00. The quantitative estimate of drug-likeness (QED) is 0.837. The van der Waals surface area contributed by atoms with Gasteiger partial charge in [-0.15, -0.1) is 10.2 Å². The van der Waals surface area contributed by atoms with Gasteiger partial charge >= 0.3 is 0 Å². The van der Waals surface area contributed by atoms with Crippen LogP contribution in [0.15, 0.2) is 24.4 Å². The lowest BCUT2D eigenvalue weighted by molar-refractivity contribution is 0.117. The molecule has 1 atom stereocenters. The van der Waals surface area contributed by atoms with Gasteiger partial charge in [-0.05, 0) is 19.1 Å². The van der Waals surface area contributed by atoms with Gasteiger partial charge in [0.15, 0.2) is 5.01 Å². The first-order valence-electron chi connectivity index (χ1n) is 7.51. The van der Waals surface area contributed by atoms with Crippen LogP contribution in [0, 0.1) is 0 Å². The Morgan fingerprint density at radius 2 is 2.23 bits per heavy atom. The molecule has 1 fully saturated rings. The molecule has 0 aromatic carbocycles. The van der Waals surface area contributed by atoms with E-state index in [4.69, 9.17) is 4.74 Å². The van der Waals surface area contributed by atoms with Crippen LogP contribution in [0.1, 0.15) is 6.92 Å². The lowest BCUT2D eigenvalue weighted by atomic mass is 10.2. The minimum absolute atomic E-state index is 0.492. The maximum atomic E-state index is 5.17. The van der Waals surface area contributed by atoms with Gasteiger partial charge < -0.3 is 9.64 Å². The van der Waals surface area contributed by atoms with Gasteiger partial charge in [0.25, 0.3) is 0 Å². The Bertz CT molecular complexity index is 591. The van der Waals surface area contributed by atoms with Crippen LogP contribution in [0.25, 0.3) is 10.7 Å². The number of methoxy groups -OCH3 is 1. The van der Waals surface area contributed by atoms with E-state index in [1.54, 1.807) is 24.6 Å². The number of nitrogens with zero attached hydrogens (tertiary/aromatic N) is 5. The van der Waals surface area contributed by atoms with E-state index in [9.17, 15) is 0 Å². The highest BCUT2D eigenvalue weighted by molar-refractivity contribution is 7.18. The predicted octanol–water partition coefficient (Wildman–Crippen LogP) is 1.76. The highest BCUT2D eigenvalue weighted by Gasteiger charge is 2.25. The standard InChI is InChI=1S/C15H21N5OS/c1-12-11-20(8-7-19(12)9-10-21-2)15-18-17-14(22-15)13-5-3-4-6-16-13/h3-6,12H,7-11H2,1-2H3. The molecule has 1 aliphatic rings. The third-order valence-corrected chi connectivity index (χ3v) is 4.92. The molecular formula is C15H21N5OS. The van der Waals surface area contributed by atoms with Gasteiger partial charge in [-0.3, -0.25) is 9.88 Å². The summed E-state index contributed by atoms with van der Waals surface area (Å²) in [5, 5.41) is 10.5. The summed E-state index contributed by atoms with van der Waals surface area (Å²) in [5.74, 6) is 0. The van der Waals surface area contributed by atoms with Gasteiger partial charge in [0.2, 0.25) is 5.13 Å². The second-order valence-corrected chi connectivity index (χ2v) is 6.38. The van der Waals surface area contributed by atoms with Crippen LogP contribution in [0.5, 0.6) is 0 Å². The molecule has 0 aliphatic carbocycles. The Labute approximate surface area is 134 Å². The third kappa shape index (κ3) is 3.43. The predicted molar refractivity (Wildman–Crippen MR) is 88.3 cm³/mol. The first-order chi connectivity index (χ1) is 10.8. The van der Waals surface area contributed by atoms with E-state index in [2.05, 4.69) is 31.9 Å². The number of hydrogen-bond donors (Lipinski definition) is 0. The summed E-state index contributed by atoms with van der Waals surface area (Å²) in [6.07, 6.45) is 1.78. The van der Waals surface area contributed by atoms with Crippen LogP contribution < -0.4 is 4.90 Å². The Hall–Kier alpha value is -1.57. The van der Waals surface area contributed by atoms with Gasteiger partial charge in [0.1, 0.15) is 5.69 Å². The minimum atomic E-state index is 0.492. The second-order valence-electron chi connectivity index (χ2n) is 5.43. The van der Waals surface area contributed by atoms with Crippen LogP contribution in [-0.4, -0.2) is 66.0 Å². The highest BCUT2D eigenvalue weighted by Crippen LogP contribution is 2.28. The molecule has 1 aliphatic heterocycles.